The number of esters is 2. The van der Waals surface area contributed by atoms with Gasteiger partial charge < -0.3 is 24.8 Å². The second kappa shape index (κ2) is 33.7. The maximum absolute atomic E-state index is 12.1. The maximum Gasteiger partial charge on any atom is 0.306 e. The van der Waals surface area contributed by atoms with Gasteiger partial charge in [-0.25, -0.2) is 0 Å². The van der Waals surface area contributed by atoms with Crippen LogP contribution in [0.15, 0.2) is 24.3 Å². The molecule has 264 valence electrons. The second-order valence-corrected chi connectivity index (χ2v) is 12.6. The Morgan fingerprint density at radius 1 is 0.622 bits per heavy atom. The quantitative estimate of drug-likeness (QED) is 0.0373. The van der Waals surface area contributed by atoms with Crippen molar-refractivity contribution in [3.63, 3.8) is 0 Å². The van der Waals surface area contributed by atoms with Crippen LogP contribution in [0.4, 0.5) is 0 Å². The van der Waals surface area contributed by atoms with Crippen molar-refractivity contribution in [2.45, 2.75) is 193 Å². The standard InChI is InChI=1S/C38H70O7/c1-3-5-7-20-26-34(40)28-22-16-12-9-10-14-18-24-30-37(42)44-33-36(32-39)45-38(43)31-25-19-15-11-13-17-23-29-35(41)27-21-8-6-4-2/h16,22-23,29,34-36,39-41H,3-15,17-21,24-28,30-33H2,1-2H3/b22-16-,29-23-. The van der Waals surface area contributed by atoms with Crippen LogP contribution in [0.1, 0.15) is 174 Å². The Balaban J connectivity index is 3.68. The fraction of sp³-hybridized carbons (Fsp3) is 0.842. The van der Waals surface area contributed by atoms with E-state index in [9.17, 15) is 24.9 Å². The molecule has 0 spiro atoms. The van der Waals surface area contributed by atoms with Crippen molar-refractivity contribution >= 4 is 11.9 Å². The van der Waals surface area contributed by atoms with Crippen molar-refractivity contribution in [1.82, 2.24) is 0 Å². The van der Waals surface area contributed by atoms with Crippen LogP contribution >= 0.6 is 0 Å². The molecule has 0 rings (SSSR count). The summed E-state index contributed by atoms with van der Waals surface area (Å²) >= 11 is 0. The molecule has 0 aromatic heterocycles. The summed E-state index contributed by atoms with van der Waals surface area (Å²) in [6.07, 6.45) is 31.4. The van der Waals surface area contributed by atoms with E-state index < -0.39 is 6.10 Å². The van der Waals surface area contributed by atoms with E-state index >= 15 is 0 Å². The van der Waals surface area contributed by atoms with Gasteiger partial charge in [0.05, 0.1) is 18.8 Å². The third-order valence-electron chi connectivity index (χ3n) is 8.11. The van der Waals surface area contributed by atoms with Crippen LogP contribution in [0.5, 0.6) is 0 Å². The Bertz CT molecular complexity index is 721. The molecule has 7 nitrogen and oxygen atoms in total. The lowest BCUT2D eigenvalue weighted by molar-refractivity contribution is -0.161. The summed E-state index contributed by atoms with van der Waals surface area (Å²) in [6, 6.07) is 0. The number of allylic oxidation sites excluding steroid dienone is 2. The Morgan fingerprint density at radius 3 is 1.78 bits per heavy atom. The van der Waals surface area contributed by atoms with E-state index in [0.717, 1.165) is 109 Å². The molecule has 3 N–H and O–H groups in total. The summed E-state index contributed by atoms with van der Waals surface area (Å²) in [7, 11) is 0. The predicted molar refractivity (Wildman–Crippen MR) is 185 cm³/mol. The molecule has 0 aliphatic carbocycles. The normalized spacial score (nSPS) is 13.8. The summed E-state index contributed by atoms with van der Waals surface area (Å²) in [6.45, 7) is 3.91. The number of ether oxygens (including phenoxy) is 2. The van der Waals surface area contributed by atoms with Gasteiger partial charge >= 0.3 is 11.9 Å². The molecule has 0 aliphatic rings. The first-order chi connectivity index (χ1) is 21.9. The van der Waals surface area contributed by atoms with Crippen LogP contribution in [0, 0.1) is 0 Å². The number of aliphatic hydroxyl groups excluding tert-OH is 3. The molecule has 0 saturated heterocycles. The van der Waals surface area contributed by atoms with Gasteiger partial charge in [-0.1, -0.05) is 128 Å². The average molecular weight is 639 g/mol. The van der Waals surface area contributed by atoms with E-state index in [4.69, 9.17) is 9.47 Å². The van der Waals surface area contributed by atoms with Crippen LogP contribution in [-0.2, 0) is 19.1 Å². The third-order valence-corrected chi connectivity index (χ3v) is 8.11. The average Bonchev–Trinajstić information content (AvgIpc) is 3.03. The number of rotatable bonds is 33. The predicted octanol–water partition coefficient (Wildman–Crippen LogP) is 9.06. The molecule has 0 heterocycles. The lowest BCUT2D eigenvalue weighted by Gasteiger charge is -2.15. The summed E-state index contributed by atoms with van der Waals surface area (Å²) in [4.78, 5) is 24.2. The van der Waals surface area contributed by atoms with Crippen molar-refractivity contribution < 1.29 is 34.4 Å². The van der Waals surface area contributed by atoms with Gasteiger partial charge in [0.25, 0.3) is 0 Å². The molecule has 0 saturated carbocycles. The van der Waals surface area contributed by atoms with Crippen LogP contribution < -0.4 is 0 Å². The van der Waals surface area contributed by atoms with Gasteiger partial charge in [0.15, 0.2) is 6.10 Å². The SMILES string of the molecule is CCCCCCC(O)/C=C\CCCCCCCC(=O)OC(CO)COC(=O)CCCCCCC/C=C\CC(O)CCCCCC. The molecule has 0 aromatic carbocycles. The molecule has 0 aromatic rings. The van der Waals surface area contributed by atoms with Crippen molar-refractivity contribution in [3.8, 4) is 0 Å². The third kappa shape index (κ3) is 32.0. The van der Waals surface area contributed by atoms with Gasteiger partial charge in [-0.3, -0.25) is 9.59 Å². The van der Waals surface area contributed by atoms with Gasteiger partial charge in [-0.2, -0.15) is 0 Å². The molecule has 3 atom stereocenters. The van der Waals surface area contributed by atoms with Crippen LogP contribution in [0.3, 0.4) is 0 Å². The molecular formula is C38H70O7. The first kappa shape index (κ1) is 43.3. The molecule has 0 radical (unpaired) electrons. The minimum Gasteiger partial charge on any atom is -0.462 e. The van der Waals surface area contributed by atoms with Gasteiger partial charge in [0.2, 0.25) is 0 Å². The second-order valence-electron chi connectivity index (χ2n) is 12.6. The molecular weight excluding hydrogens is 568 g/mol. The highest BCUT2D eigenvalue weighted by atomic mass is 16.6. The van der Waals surface area contributed by atoms with Gasteiger partial charge in [-0.05, 0) is 57.8 Å². The van der Waals surface area contributed by atoms with E-state index in [1.165, 1.54) is 38.5 Å². The highest BCUT2D eigenvalue weighted by molar-refractivity contribution is 5.70. The maximum atomic E-state index is 12.1. The van der Waals surface area contributed by atoms with Gasteiger partial charge in [0.1, 0.15) is 6.61 Å². The highest BCUT2D eigenvalue weighted by Gasteiger charge is 2.16. The zero-order valence-corrected chi connectivity index (χ0v) is 29.1. The smallest absolute Gasteiger partial charge is 0.306 e. The number of hydrogen-bond acceptors (Lipinski definition) is 7. The number of carbonyl (C=O) groups excluding carboxylic acids is 2. The Morgan fingerprint density at radius 2 is 1.16 bits per heavy atom. The molecule has 0 aliphatic heterocycles. The van der Waals surface area contributed by atoms with E-state index in [2.05, 4.69) is 32.1 Å². The van der Waals surface area contributed by atoms with Crippen LogP contribution in [0.2, 0.25) is 0 Å². The molecule has 7 heteroatoms. The van der Waals surface area contributed by atoms with Crippen LogP contribution in [-0.4, -0.2) is 58.8 Å². The Hall–Kier alpha value is -1.70. The Kier molecular flexibility index (Phi) is 32.4. The number of aliphatic hydroxyl groups is 3. The highest BCUT2D eigenvalue weighted by Crippen LogP contribution is 2.13. The number of carbonyl (C=O) groups is 2. The van der Waals surface area contributed by atoms with Crippen molar-refractivity contribution in [2.24, 2.45) is 0 Å². The fourth-order valence-corrected chi connectivity index (χ4v) is 5.18. The number of unbranched alkanes of at least 4 members (excludes halogenated alkanes) is 16. The van der Waals surface area contributed by atoms with Crippen molar-refractivity contribution in [1.29, 1.82) is 0 Å². The summed E-state index contributed by atoms with van der Waals surface area (Å²) in [5.74, 6) is -0.689. The molecule has 3 unspecified atom stereocenters. The van der Waals surface area contributed by atoms with E-state index in [1.54, 1.807) is 0 Å². The summed E-state index contributed by atoms with van der Waals surface area (Å²) in [5.41, 5.74) is 0. The Labute approximate surface area is 276 Å². The van der Waals surface area contributed by atoms with Crippen molar-refractivity contribution in [3.05, 3.63) is 24.3 Å². The van der Waals surface area contributed by atoms with Gasteiger partial charge in [-0.15, -0.1) is 0 Å². The lowest BCUT2D eigenvalue weighted by Crippen LogP contribution is -2.28. The van der Waals surface area contributed by atoms with Crippen molar-refractivity contribution in [2.75, 3.05) is 13.2 Å². The van der Waals surface area contributed by atoms with E-state index in [1.807, 2.05) is 6.08 Å². The summed E-state index contributed by atoms with van der Waals surface area (Å²) < 4.78 is 10.5. The molecule has 45 heavy (non-hydrogen) atoms. The lowest BCUT2D eigenvalue weighted by atomic mass is 10.1. The van der Waals surface area contributed by atoms with E-state index in [0.29, 0.717) is 12.8 Å². The first-order valence-electron chi connectivity index (χ1n) is 18.6. The van der Waals surface area contributed by atoms with E-state index in [-0.39, 0.29) is 37.4 Å². The number of hydrogen-bond donors (Lipinski definition) is 3. The zero-order valence-electron chi connectivity index (χ0n) is 29.1. The molecule has 0 fully saturated rings. The largest absolute Gasteiger partial charge is 0.462 e. The fourth-order valence-electron chi connectivity index (χ4n) is 5.18. The first-order valence-corrected chi connectivity index (χ1v) is 18.6. The summed E-state index contributed by atoms with van der Waals surface area (Å²) in [5, 5.41) is 29.5. The topological polar surface area (TPSA) is 113 Å². The molecule has 0 amide bonds. The molecule has 0 bridgehead atoms. The van der Waals surface area contributed by atoms with Crippen LogP contribution in [0.25, 0.3) is 0 Å². The zero-order chi connectivity index (χ0) is 33.2. The minimum atomic E-state index is -0.814. The monoisotopic (exact) mass is 639 g/mol. The van der Waals surface area contributed by atoms with Gasteiger partial charge in [0, 0.05) is 12.8 Å². The minimum absolute atomic E-state index is 0.109.